The molecule has 0 spiro atoms. The minimum absolute atomic E-state index is 0.0284. The predicted molar refractivity (Wildman–Crippen MR) is 146 cm³/mol. The van der Waals surface area contributed by atoms with Crippen LogP contribution >= 0.6 is 11.3 Å². The number of amides is 1. The fourth-order valence-corrected chi connectivity index (χ4v) is 5.20. The third kappa shape index (κ3) is 5.10. The Hall–Kier alpha value is -4.24. The maximum atomic E-state index is 13.4. The number of anilines is 1. The van der Waals surface area contributed by atoms with Crippen LogP contribution < -0.4 is 9.64 Å². The highest BCUT2D eigenvalue weighted by atomic mass is 32.1. The molecule has 0 aliphatic carbocycles. The van der Waals surface area contributed by atoms with Crippen molar-refractivity contribution in [1.82, 2.24) is 4.98 Å². The van der Waals surface area contributed by atoms with Gasteiger partial charge in [0.05, 0.1) is 23.9 Å². The van der Waals surface area contributed by atoms with Gasteiger partial charge in [-0.1, -0.05) is 67.3 Å². The molecule has 1 unspecified atom stereocenters. The maximum absolute atomic E-state index is 13.4. The lowest BCUT2D eigenvalue weighted by Gasteiger charge is -2.23. The molecule has 2 heterocycles. The smallest absolute Gasteiger partial charge is 0.350 e. The zero-order valence-corrected chi connectivity index (χ0v) is 22.2. The third-order valence-corrected chi connectivity index (χ3v) is 7.21. The summed E-state index contributed by atoms with van der Waals surface area (Å²) in [7, 11) is 0. The van der Waals surface area contributed by atoms with Crippen LogP contribution in [0.4, 0.5) is 5.13 Å². The van der Waals surface area contributed by atoms with E-state index in [2.05, 4.69) is 11.6 Å². The average molecular weight is 533 g/mol. The van der Waals surface area contributed by atoms with E-state index >= 15 is 0 Å². The number of benzene rings is 2. The quantitative estimate of drug-likeness (QED) is 0.130. The first kappa shape index (κ1) is 26.8. The summed E-state index contributed by atoms with van der Waals surface area (Å²) in [5, 5.41) is 11.5. The molecule has 9 heteroatoms. The van der Waals surface area contributed by atoms with Crippen molar-refractivity contribution in [3.63, 3.8) is 0 Å². The van der Waals surface area contributed by atoms with Gasteiger partial charge in [0.15, 0.2) is 5.13 Å². The van der Waals surface area contributed by atoms with E-state index in [0.29, 0.717) is 29.2 Å². The summed E-state index contributed by atoms with van der Waals surface area (Å²) >= 11 is 0.954. The van der Waals surface area contributed by atoms with E-state index in [-0.39, 0.29) is 27.9 Å². The molecule has 1 atom stereocenters. The van der Waals surface area contributed by atoms with Crippen LogP contribution in [0.25, 0.3) is 5.76 Å². The van der Waals surface area contributed by atoms with E-state index in [1.165, 1.54) is 11.0 Å². The van der Waals surface area contributed by atoms with Crippen LogP contribution in [0.1, 0.15) is 51.9 Å². The highest BCUT2D eigenvalue weighted by molar-refractivity contribution is 7.17. The van der Waals surface area contributed by atoms with Gasteiger partial charge in [0, 0.05) is 5.56 Å². The van der Waals surface area contributed by atoms with Crippen molar-refractivity contribution in [1.29, 1.82) is 0 Å². The number of aliphatic hydroxyl groups is 1. The second-order valence-electron chi connectivity index (χ2n) is 8.52. The maximum Gasteiger partial charge on any atom is 0.350 e. The van der Waals surface area contributed by atoms with Gasteiger partial charge in [0.2, 0.25) is 0 Å². The van der Waals surface area contributed by atoms with Gasteiger partial charge in [-0.05, 0) is 43.5 Å². The number of hydrogen-bond donors (Lipinski definition) is 1. The molecule has 2 aromatic carbocycles. The van der Waals surface area contributed by atoms with E-state index in [0.717, 1.165) is 23.3 Å². The summed E-state index contributed by atoms with van der Waals surface area (Å²) in [5.74, 6) is -2.10. The zero-order valence-electron chi connectivity index (χ0n) is 21.4. The molecular weight excluding hydrogens is 504 g/mol. The highest BCUT2D eigenvalue weighted by Crippen LogP contribution is 2.44. The first-order valence-corrected chi connectivity index (χ1v) is 13.0. The van der Waals surface area contributed by atoms with Crippen molar-refractivity contribution < 1.29 is 29.0 Å². The molecule has 1 aliphatic heterocycles. The van der Waals surface area contributed by atoms with Crippen LogP contribution in [-0.4, -0.2) is 41.0 Å². The van der Waals surface area contributed by atoms with Gasteiger partial charge >= 0.3 is 11.9 Å². The Kier molecular flexibility index (Phi) is 8.07. The van der Waals surface area contributed by atoms with Crippen molar-refractivity contribution >= 4 is 39.9 Å². The molecule has 1 amide bonds. The Morgan fingerprint density at radius 2 is 1.92 bits per heavy atom. The summed E-state index contributed by atoms with van der Waals surface area (Å²) in [6, 6.07) is 13.2. The van der Waals surface area contributed by atoms with Crippen molar-refractivity contribution in [3.8, 4) is 5.75 Å². The van der Waals surface area contributed by atoms with E-state index < -0.39 is 23.7 Å². The number of carbonyl (C=O) groups is 3. The number of aliphatic hydroxyl groups excluding tert-OH is 1. The van der Waals surface area contributed by atoms with Crippen LogP contribution in [0.15, 0.2) is 66.8 Å². The number of ether oxygens (including phenoxy) is 2. The Bertz CT molecular complexity index is 1420. The number of hydrogen-bond acceptors (Lipinski definition) is 8. The number of nitrogens with zero attached hydrogens (tertiary/aromatic N) is 2. The number of ketones is 1. The molecule has 8 nitrogen and oxygen atoms in total. The lowest BCUT2D eigenvalue weighted by Crippen LogP contribution is -2.29. The van der Waals surface area contributed by atoms with Gasteiger partial charge in [-0.3, -0.25) is 14.5 Å². The van der Waals surface area contributed by atoms with Crippen LogP contribution in [0.3, 0.4) is 0 Å². The second-order valence-corrected chi connectivity index (χ2v) is 9.50. The van der Waals surface area contributed by atoms with E-state index in [4.69, 9.17) is 9.47 Å². The number of aromatic nitrogens is 1. The van der Waals surface area contributed by atoms with Crippen LogP contribution in [-0.2, 0) is 20.7 Å². The molecule has 0 bridgehead atoms. The predicted octanol–water partition coefficient (Wildman–Crippen LogP) is 5.38. The Morgan fingerprint density at radius 1 is 1.18 bits per heavy atom. The van der Waals surface area contributed by atoms with Gasteiger partial charge < -0.3 is 14.6 Å². The van der Waals surface area contributed by atoms with E-state index in [1.54, 1.807) is 31.2 Å². The summed E-state index contributed by atoms with van der Waals surface area (Å²) in [4.78, 5) is 45.3. The molecule has 4 rings (SSSR count). The summed E-state index contributed by atoms with van der Waals surface area (Å²) in [6.45, 7) is 9.50. The van der Waals surface area contributed by atoms with Gasteiger partial charge in [-0.25, -0.2) is 9.78 Å². The topological polar surface area (TPSA) is 106 Å². The number of aryl methyl sites for hydroxylation is 2. The van der Waals surface area contributed by atoms with E-state index in [1.807, 2.05) is 38.1 Å². The number of carbonyl (C=O) groups excluding carboxylic acids is 3. The first-order chi connectivity index (χ1) is 18.3. The molecule has 1 saturated heterocycles. The number of Topliss-reactive ketones (excluding diaryl/α,β-unsaturated/α-hetero) is 1. The first-order valence-electron chi connectivity index (χ1n) is 12.2. The average Bonchev–Trinajstić information content (AvgIpc) is 3.43. The summed E-state index contributed by atoms with van der Waals surface area (Å²) < 4.78 is 10.7. The van der Waals surface area contributed by atoms with Gasteiger partial charge in [0.25, 0.3) is 5.78 Å². The molecule has 3 aromatic rings. The van der Waals surface area contributed by atoms with Crippen molar-refractivity contribution in [2.24, 2.45) is 0 Å². The standard InChI is InChI=1S/C29H28N2O6S/c1-5-15-37-28(35)26-17(4)30-29(38-26)31-23(19-13-11-18(6-2)12-14-19)22(25(33)27(31)34)24(32)20-9-8-10-21(16-20)36-7-3/h5,8-14,16,23,32H,1,6-7,15H2,2-4H3. The number of rotatable bonds is 9. The molecule has 1 aromatic heterocycles. The Morgan fingerprint density at radius 3 is 2.58 bits per heavy atom. The molecule has 0 radical (unpaired) electrons. The molecular formula is C29H28N2O6S. The van der Waals surface area contributed by atoms with E-state index in [9.17, 15) is 19.5 Å². The summed E-state index contributed by atoms with van der Waals surface area (Å²) in [6.07, 6.45) is 2.26. The number of thiazole rings is 1. The normalized spacial score (nSPS) is 16.5. The second kappa shape index (κ2) is 11.4. The minimum atomic E-state index is -0.959. The van der Waals surface area contributed by atoms with Crippen LogP contribution in [0.2, 0.25) is 0 Å². The van der Waals surface area contributed by atoms with Crippen molar-refractivity contribution in [2.45, 2.75) is 33.2 Å². The molecule has 0 saturated carbocycles. The van der Waals surface area contributed by atoms with Crippen molar-refractivity contribution in [3.05, 3.63) is 94.0 Å². The molecule has 196 valence electrons. The fraction of sp³-hybridized carbons (Fsp3) is 0.241. The number of esters is 1. The van der Waals surface area contributed by atoms with Crippen LogP contribution in [0.5, 0.6) is 5.75 Å². The molecule has 38 heavy (non-hydrogen) atoms. The Balaban J connectivity index is 1.87. The zero-order chi connectivity index (χ0) is 27.4. The minimum Gasteiger partial charge on any atom is -0.507 e. The molecule has 1 fully saturated rings. The molecule has 1 aliphatic rings. The van der Waals surface area contributed by atoms with Crippen LogP contribution in [0, 0.1) is 6.92 Å². The lowest BCUT2D eigenvalue weighted by atomic mass is 9.94. The third-order valence-electron chi connectivity index (χ3n) is 6.08. The fourth-order valence-electron chi connectivity index (χ4n) is 4.21. The monoisotopic (exact) mass is 532 g/mol. The Labute approximate surface area is 224 Å². The SMILES string of the molecule is C=CCOC(=O)c1sc(N2C(=O)C(=O)C(=C(O)c3cccc(OCC)c3)C2c2ccc(CC)cc2)nc1C. The van der Waals surface area contributed by atoms with Crippen molar-refractivity contribution in [2.75, 3.05) is 18.1 Å². The highest BCUT2D eigenvalue weighted by Gasteiger charge is 2.48. The van der Waals surface area contributed by atoms with Gasteiger partial charge in [-0.15, -0.1) is 0 Å². The van der Waals surface area contributed by atoms with Gasteiger partial charge in [0.1, 0.15) is 23.0 Å². The largest absolute Gasteiger partial charge is 0.507 e. The lowest BCUT2D eigenvalue weighted by molar-refractivity contribution is -0.132. The van der Waals surface area contributed by atoms with Gasteiger partial charge in [-0.2, -0.15) is 0 Å². The summed E-state index contributed by atoms with van der Waals surface area (Å²) in [5.41, 5.74) is 2.33. The molecule has 1 N–H and O–H groups in total.